The van der Waals surface area contributed by atoms with E-state index in [1.54, 1.807) is 10.6 Å². The number of benzene rings is 1. The number of anilines is 1. The number of fused-ring (bicyclic) bond motifs is 8. The van der Waals surface area contributed by atoms with Gasteiger partial charge in [-0.1, -0.05) is 17.7 Å². The van der Waals surface area contributed by atoms with Crippen LogP contribution in [0.2, 0.25) is 5.02 Å². The molecule has 4 aromatic rings. The molecule has 5 heterocycles. The highest BCUT2D eigenvalue weighted by Gasteiger charge is 2.70. The van der Waals surface area contributed by atoms with Crippen molar-refractivity contribution < 1.29 is 32.9 Å². The van der Waals surface area contributed by atoms with Crippen LogP contribution < -0.4 is 10.9 Å². The van der Waals surface area contributed by atoms with E-state index in [1.807, 2.05) is 11.0 Å². The molecule has 2 aliphatic heterocycles. The predicted molar refractivity (Wildman–Crippen MR) is 177 cm³/mol. The summed E-state index contributed by atoms with van der Waals surface area (Å²) in [6.45, 7) is 1.05. The lowest BCUT2D eigenvalue weighted by molar-refractivity contribution is -0.137. The average Bonchev–Trinajstić information content (AvgIpc) is 3.67. The number of halogens is 4. The van der Waals surface area contributed by atoms with Gasteiger partial charge in [0.1, 0.15) is 18.0 Å². The van der Waals surface area contributed by atoms with Crippen molar-refractivity contribution in [3.05, 3.63) is 86.3 Å². The van der Waals surface area contributed by atoms with Crippen molar-refractivity contribution in [1.82, 2.24) is 29.0 Å². The van der Waals surface area contributed by atoms with Gasteiger partial charge in [-0.25, -0.2) is 0 Å². The average molecular weight is 724 g/mol. The monoisotopic (exact) mass is 723 g/mol. The summed E-state index contributed by atoms with van der Waals surface area (Å²) in [6.07, 6.45) is 1.30. The second-order valence-electron chi connectivity index (χ2n) is 14.1. The number of aromatic nitrogens is 5. The molecule has 3 fully saturated rings. The van der Waals surface area contributed by atoms with Crippen LogP contribution in [0.3, 0.4) is 0 Å². The molecule has 0 radical (unpaired) electrons. The third kappa shape index (κ3) is 4.95. The molecule has 51 heavy (non-hydrogen) atoms. The normalized spacial score (nSPS) is 27.4. The van der Waals surface area contributed by atoms with Crippen LogP contribution in [0.5, 0.6) is 5.75 Å². The first-order valence-electron chi connectivity index (χ1n) is 17.0. The highest BCUT2D eigenvalue weighted by Crippen LogP contribution is 2.72. The number of alkyl halides is 3. The molecule has 3 aliphatic carbocycles. The van der Waals surface area contributed by atoms with E-state index in [0.717, 1.165) is 48.7 Å². The van der Waals surface area contributed by atoms with Crippen LogP contribution >= 0.6 is 11.6 Å². The fourth-order valence-electron chi connectivity index (χ4n) is 9.28. The molecule has 0 bridgehead atoms. The first kappa shape index (κ1) is 32.6. The molecule has 5 aliphatic rings. The third-order valence-electron chi connectivity index (χ3n) is 11.7. The van der Waals surface area contributed by atoms with Crippen molar-refractivity contribution in [1.29, 1.82) is 0 Å². The Labute approximate surface area is 293 Å². The smallest absolute Gasteiger partial charge is 0.416 e. The van der Waals surface area contributed by atoms with Crippen LogP contribution in [0, 0.1) is 11.8 Å². The maximum atomic E-state index is 14.7. The Bertz CT molecular complexity index is 2200. The summed E-state index contributed by atoms with van der Waals surface area (Å²) in [4.78, 5) is 39.4. The molecule has 266 valence electrons. The number of nitrogens with zero attached hydrogens (tertiary/aromatic N) is 6. The summed E-state index contributed by atoms with van der Waals surface area (Å²) in [7, 11) is 0. The standard InChI is InChI=1S/C35H33ClF3N7O5/c36-22-14-18(35(37,38)39)3-5-23(22)41-26(48)16-45-29-19-15-21(19)34(27(29)31(49)46-33(45)42-30(43-46)17-7-12-51-13-8-17)9-11-44(24-6-4-20(24)34)32(50)28-25(47)2-1-10-40-28/h1-3,5,7,10,14,19-21,24,32,47,50H,4,6,8-9,11-13,15-16H2,(H,41,48)/t19-,20-,21+,24+,32?,34+/m1/s1. The zero-order valence-corrected chi connectivity index (χ0v) is 27.9. The van der Waals surface area contributed by atoms with Gasteiger partial charge in [-0.3, -0.25) is 19.5 Å². The number of aliphatic hydroxyl groups excluding tert-OH is 1. The number of piperidine rings is 1. The number of amides is 1. The van der Waals surface area contributed by atoms with Gasteiger partial charge in [-0.05, 0) is 79.8 Å². The van der Waals surface area contributed by atoms with Crippen LogP contribution in [0.4, 0.5) is 18.9 Å². The highest BCUT2D eigenvalue weighted by atomic mass is 35.5. The van der Waals surface area contributed by atoms with Crippen molar-refractivity contribution in [2.24, 2.45) is 11.8 Å². The Morgan fingerprint density at radius 2 is 2.06 bits per heavy atom. The lowest BCUT2D eigenvalue weighted by atomic mass is 9.54. The summed E-state index contributed by atoms with van der Waals surface area (Å²) >= 11 is 6.18. The van der Waals surface area contributed by atoms with E-state index >= 15 is 0 Å². The Kier molecular flexibility index (Phi) is 7.41. The second-order valence-corrected chi connectivity index (χ2v) is 14.5. The molecule has 1 unspecified atom stereocenters. The van der Waals surface area contributed by atoms with Crippen LogP contribution in [-0.2, 0) is 27.7 Å². The maximum absolute atomic E-state index is 14.7. The predicted octanol–water partition coefficient (Wildman–Crippen LogP) is 4.64. The molecule has 1 spiro atoms. The first-order valence-corrected chi connectivity index (χ1v) is 17.4. The van der Waals surface area contributed by atoms with Crippen LogP contribution in [0.15, 0.2) is 47.4 Å². The third-order valence-corrected chi connectivity index (χ3v) is 12.0. The molecule has 3 aromatic heterocycles. The molecule has 16 heteroatoms. The fourth-order valence-corrected chi connectivity index (χ4v) is 9.51. The second kappa shape index (κ2) is 11.6. The number of carbonyl (C=O) groups excluding carboxylic acids is 1. The molecular weight excluding hydrogens is 691 g/mol. The van der Waals surface area contributed by atoms with E-state index in [2.05, 4.69) is 15.4 Å². The van der Waals surface area contributed by atoms with Crippen molar-refractivity contribution in [2.75, 3.05) is 25.1 Å². The number of carbonyl (C=O) groups is 1. The van der Waals surface area contributed by atoms with Crippen molar-refractivity contribution in [3.63, 3.8) is 0 Å². The number of aliphatic hydroxyl groups is 1. The number of likely N-dealkylation sites (tertiary alicyclic amines) is 1. The lowest BCUT2D eigenvalue weighted by Gasteiger charge is -2.59. The highest BCUT2D eigenvalue weighted by molar-refractivity contribution is 6.33. The quantitative estimate of drug-likeness (QED) is 0.259. The van der Waals surface area contributed by atoms with Crippen molar-refractivity contribution in [3.8, 4) is 5.75 Å². The summed E-state index contributed by atoms with van der Waals surface area (Å²) < 4.78 is 48.3. The van der Waals surface area contributed by atoms with Crippen LogP contribution in [-0.4, -0.2) is 71.0 Å². The molecule has 9 rings (SSSR count). The summed E-state index contributed by atoms with van der Waals surface area (Å²) in [5.74, 6) is 0.127. The number of pyridine rings is 1. The van der Waals surface area contributed by atoms with Crippen molar-refractivity contribution in [2.45, 2.75) is 68.4 Å². The zero-order valence-electron chi connectivity index (χ0n) is 27.1. The van der Waals surface area contributed by atoms with Crippen LogP contribution in [0.25, 0.3) is 11.4 Å². The number of rotatable bonds is 6. The van der Waals surface area contributed by atoms with Crippen LogP contribution in [0.1, 0.15) is 72.6 Å². The minimum Gasteiger partial charge on any atom is -0.506 e. The Balaban J connectivity index is 1.12. The largest absolute Gasteiger partial charge is 0.506 e. The Hall–Kier alpha value is -4.31. The van der Waals surface area contributed by atoms with Gasteiger partial charge in [0.15, 0.2) is 12.1 Å². The molecular formula is C35H33ClF3N7O5. The van der Waals surface area contributed by atoms with Crippen molar-refractivity contribution >= 4 is 34.5 Å². The summed E-state index contributed by atoms with van der Waals surface area (Å²) in [5.41, 5.74) is 0.690. The summed E-state index contributed by atoms with van der Waals surface area (Å²) in [5, 5.41) is 28.9. The van der Waals surface area contributed by atoms with E-state index in [1.165, 1.54) is 16.8 Å². The molecule has 6 atom stereocenters. The molecule has 1 saturated heterocycles. The van der Waals surface area contributed by atoms with E-state index in [9.17, 15) is 33.0 Å². The van der Waals surface area contributed by atoms with E-state index in [4.69, 9.17) is 21.3 Å². The minimum atomic E-state index is -4.59. The molecule has 12 nitrogen and oxygen atoms in total. The topological polar surface area (TPSA) is 147 Å². The van der Waals surface area contributed by atoms with Gasteiger partial charge in [0.25, 0.3) is 5.56 Å². The maximum Gasteiger partial charge on any atom is 0.416 e. The number of aromatic hydroxyl groups is 1. The zero-order chi connectivity index (χ0) is 35.4. The first-order chi connectivity index (χ1) is 24.5. The van der Waals surface area contributed by atoms with Gasteiger partial charge in [-0.15, -0.1) is 5.10 Å². The lowest BCUT2D eigenvalue weighted by Crippen LogP contribution is -2.63. The van der Waals surface area contributed by atoms with E-state index in [-0.39, 0.29) is 63.8 Å². The SMILES string of the molecule is O=C(Cn1c2c(c(=O)n3nc(C4=CCOCC4)nc13)[C@]1(CCN(C(O)c3ncccc3O)[C@H]3CC[C@H]31)[C@H]1C[C@@H]21)Nc1ccc(C(F)(F)F)cc1Cl. The molecule has 1 amide bonds. The van der Waals surface area contributed by atoms with Gasteiger partial charge in [0.2, 0.25) is 11.7 Å². The number of hydrogen-bond donors (Lipinski definition) is 3. The minimum absolute atomic E-state index is 0.000149. The van der Waals surface area contributed by atoms with Gasteiger partial charge in [0, 0.05) is 41.4 Å². The number of hydrogen-bond acceptors (Lipinski definition) is 9. The fraction of sp³-hybridized carbons (Fsp3) is 0.457. The van der Waals surface area contributed by atoms with Gasteiger partial charge in [-0.2, -0.15) is 22.7 Å². The molecule has 3 N–H and O–H groups in total. The number of ether oxygens (including phenoxy) is 1. The van der Waals surface area contributed by atoms with E-state index in [0.29, 0.717) is 44.0 Å². The molecule has 1 aromatic carbocycles. The van der Waals surface area contributed by atoms with Gasteiger partial charge >= 0.3 is 6.18 Å². The summed E-state index contributed by atoms with van der Waals surface area (Å²) in [6, 6.07) is 5.78. The molecule has 2 saturated carbocycles. The van der Waals surface area contributed by atoms with Gasteiger partial charge < -0.3 is 24.8 Å². The Morgan fingerprint density at radius 1 is 1.22 bits per heavy atom. The van der Waals surface area contributed by atoms with Gasteiger partial charge in [0.05, 0.1) is 29.5 Å². The van der Waals surface area contributed by atoms with E-state index < -0.39 is 29.3 Å². The number of nitrogens with one attached hydrogen (secondary N) is 1. The Morgan fingerprint density at radius 3 is 2.76 bits per heavy atom.